The van der Waals surface area contributed by atoms with Gasteiger partial charge in [0.05, 0.1) is 31.0 Å². The first kappa shape index (κ1) is 33.3. The molecule has 1 aromatic carbocycles. The first-order valence-corrected chi connectivity index (χ1v) is 17.1. The van der Waals surface area contributed by atoms with E-state index in [0.29, 0.717) is 16.4 Å². The van der Waals surface area contributed by atoms with E-state index < -0.39 is 50.2 Å². The Kier molecular flexibility index (Phi) is 9.66. The quantitative estimate of drug-likeness (QED) is 0.130. The zero-order valence-corrected chi connectivity index (χ0v) is 26.5. The van der Waals surface area contributed by atoms with Gasteiger partial charge in [0.25, 0.3) is 5.92 Å². The average Bonchev–Trinajstić information content (AvgIpc) is 2.94. The molecule has 1 aliphatic rings. The van der Waals surface area contributed by atoms with Crippen molar-refractivity contribution in [1.29, 1.82) is 0 Å². The summed E-state index contributed by atoms with van der Waals surface area (Å²) in [5.41, 5.74) is 0.488. The van der Waals surface area contributed by atoms with Crippen molar-refractivity contribution in [3.8, 4) is 11.6 Å². The number of rotatable bonds is 9. The molecule has 1 aliphatic heterocycles. The molecule has 2 atom stereocenters. The van der Waals surface area contributed by atoms with E-state index in [0.717, 1.165) is 6.07 Å². The molecule has 0 radical (unpaired) electrons. The molecule has 4 rings (SSSR count). The first-order valence-electron chi connectivity index (χ1n) is 14.2. The van der Waals surface area contributed by atoms with Gasteiger partial charge in [-0.2, -0.15) is 4.73 Å². The third-order valence-electron chi connectivity index (χ3n) is 8.38. The standard InChI is InChI=1S/C30H37F4N5O4Si/c1-19(38-12-9-30(33,34)23(17-38)20-7-10-39(41)11-8-20)28(40)37-25-15-36-26(16-35-25)43-27-21(13-22(31)14-24(27)32)18-42-44(5,6)29(2,3)4/h7-8,10-11,13-16,19,23H,9,12,17-18H2,1-6H3,(H,35,37,40). The maximum Gasteiger partial charge on any atom is 0.257 e. The average molecular weight is 636 g/mol. The van der Waals surface area contributed by atoms with Crippen LogP contribution in [0.15, 0.2) is 49.1 Å². The Morgan fingerprint density at radius 3 is 2.50 bits per heavy atom. The van der Waals surface area contributed by atoms with Crippen molar-refractivity contribution >= 4 is 20.0 Å². The predicted octanol–water partition coefficient (Wildman–Crippen LogP) is 6.15. The molecule has 0 aliphatic carbocycles. The van der Waals surface area contributed by atoms with E-state index in [4.69, 9.17) is 9.16 Å². The van der Waals surface area contributed by atoms with Crippen LogP contribution in [0.3, 0.4) is 0 Å². The number of anilines is 1. The minimum atomic E-state index is -3.00. The van der Waals surface area contributed by atoms with E-state index in [1.165, 1.54) is 36.9 Å². The minimum Gasteiger partial charge on any atom is -0.619 e. The molecule has 1 N–H and O–H groups in total. The molecule has 9 nitrogen and oxygen atoms in total. The highest BCUT2D eigenvalue weighted by Crippen LogP contribution is 2.41. The monoisotopic (exact) mass is 635 g/mol. The van der Waals surface area contributed by atoms with E-state index in [1.54, 1.807) is 11.8 Å². The molecule has 0 spiro atoms. The number of carbonyl (C=O) groups excluding carboxylic acids is 1. The van der Waals surface area contributed by atoms with Crippen molar-refractivity contribution in [2.45, 2.75) is 76.7 Å². The number of alkyl halides is 2. The Balaban J connectivity index is 1.41. The zero-order valence-electron chi connectivity index (χ0n) is 25.5. The molecular formula is C30H37F4N5O4Si. The molecule has 0 bridgehead atoms. The molecule has 2 aromatic heterocycles. The number of nitrogens with zero attached hydrogens (tertiary/aromatic N) is 4. The van der Waals surface area contributed by atoms with Crippen LogP contribution in [0.5, 0.6) is 11.6 Å². The highest BCUT2D eigenvalue weighted by atomic mass is 28.4. The lowest BCUT2D eigenvalue weighted by molar-refractivity contribution is -0.605. The number of aromatic nitrogens is 3. The third-order valence-corrected chi connectivity index (χ3v) is 12.9. The van der Waals surface area contributed by atoms with Crippen LogP contribution in [0.25, 0.3) is 0 Å². The lowest BCUT2D eigenvalue weighted by atomic mass is 9.87. The van der Waals surface area contributed by atoms with Crippen LogP contribution in [0, 0.1) is 16.8 Å². The fourth-order valence-corrected chi connectivity index (χ4v) is 5.48. The summed E-state index contributed by atoms with van der Waals surface area (Å²) < 4.78 is 70.7. The summed E-state index contributed by atoms with van der Waals surface area (Å²) in [6, 6.07) is 3.79. The molecule has 1 amide bonds. The highest BCUT2D eigenvalue weighted by Gasteiger charge is 2.46. The van der Waals surface area contributed by atoms with Gasteiger partial charge >= 0.3 is 0 Å². The smallest absolute Gasteiger partial charge is 0.257 e. The summed E-state index contributed by atoms with van der Waals surface area (Å²) in [7, 11) is -2.23. The van der Waals surface area contributed by atoms with Gasteiger partial charge in [-0.25, -0.2) is 27.5 Å². The molecule has 1 saturated heterocycles. The van der Waals surface area contributed by atoms with Crippen molar-refractivity contribution in [3.05, 3.63) is 77.0 Å². The number of ether oxygens (including phenoxy) is 1. The molecule has 238 valence electrons. The van der Waals surface area contributed by atoms with Crippen molar-refractivity contribution in [2.24, 2.45) is 0 Å². The number of pyridine rings is 1. The summed E-state index contributed by atoms with van der Waals surface area (Å²) in [5.74, 6) is -6.65. The first-order chi connectivity index (χ1) is 20.5. The van der Waals surface area contributed by atoms with Gasteiger partial charge in [0.2, 0.25) is 11.8 Å². The fraction of sp³-hybridized carbons (Fsp3) is 0.467. The van der Waals surface area contributed by atoms with Crippen LogP contribution in [0.2, 0.25) is 18.1 Å². The summed E-state index contributed by atoms with van der Waals surface area (Å²) in [4.78, 5) is 22.9. The Bertz CT molecular complexity index is 1470. The van der Waals surface area contributed by atoms with Crippen LogP contribution < -0.4 is 14.8 Å². The van der Waals surface area contributed by atoms with Gasteiger partial charge in [-0.05, 0) is 36.7 Å². The zero-order chi connectivity index (χ0) is 32.4. The largest absolute Gasteiger partial charge is 0.619 e. The lowest BCUT2D eigenvalue weighted by Crippen LogP contribution is -2.52. The van der Waals surface area contributed by atoms with E-state index in [9.17, 15) is 27.6 Å². The molecule has 3 heterocycles. The van der Waals surface area contributed by atoms with Gasteiger partial charge in [0, 0.05) is 43.3 Å². The van der Waals surface area contributed by atoms with Gasteiger partial charge in [-0.1, -0.05) is 20.8 Å². The number of carbonyl (C=O) groups is 1. The van der Waals surface area contributed by atoms with E-state index >= 15 is 0 Å². The maximum atomic E-state index is 14.8. The normalized spacial score (nSPS) is 18.1. The number of hydrogen-bond acceptors (Lipinski definition) is 7. The second-order valence-corrected chi connectivity index (χ2v) is 17.3. The van der Waals surface area contributed by atoms with Crippen LogP contribution >= 0.6 is 0 Å². The van der Waals surface area contributed by atoms with Crippen LogP contribution in [0.4, 0.5) is 23.4 Å². The van der Waals surface area contributed by atoms with Gasteiger partial charge in [0.1, 0.15) is 5.82 Å². The third kappa shape index (κ3) is 7.71. The molecule has 44 heavy (non-hydrogen) atoms. The number of halogens is 4. The van der Waals surface area contributed by atoms with Crippen molar-refractivity contribution < 1.29 is 36.2 Å². The molecule has 0 saturated carbocycles. The summed E-state index contributed by atoms with van der Waals surface area (Å²) in [6.45, 7) is 11.6. The summed E-state index contributed by atoms with van der Waals surface area (Å²) in [6.07, 6.45) is 4.28. The van der Waals surface area contributed by atoms with E-state index in [1.807, 2.05) is 13.1 Å². The van der Waals surface area contributed by atoms with Gasteiger partial charge in [-0.15, -0.1) is 0 Å². The van der Waals surface area contributed by atoms with E-state index in [-0.39, 0.29) is 47.7 Å². The highest BCUT2D eigenvalue weighted by molar-refractivity contribution is 6.74. The SMILES string of the molecule is CC(C(=O)Nc1cnc(Oc2c(F)cc(F)cc2CO[Si](C)(C)C(C)(C)C)cn1)N1CCC(F)(F)C(c2cc[n+]([O-])cc2)C1. The summed E-state index contributed by atoms with van der Waals surface area (Å²) in [5, 5.41) is 13.9. The van der Waals surface area contributed by atoms with Gasteiger partial charge in [0.15, 0.2) is 38.1 Å². The molecule has 3 aromatic rings. The number of piperidine rings is 1. The number of nitrogens with one attached hydrogen (secondary N) is 1. The lowest BCUT2D eigenvalue weighted by Gasteiger charge is -2.40. The van der Waals surface area contributed by atoms with Crippen LogP contribution in [-0.2, 0) is 15.8 Å². The Morgan fingerprint density at radius 2 is 1.89 bits per heavy atom. The summed E-state index contributed by atoms with van der Waals surface area (Å²) >= 11 is 0. The fourth-order valence-electron chi connectivity index (χ4n) is 4.53. The molecule has 1 fully saturated rings. The molecule has 2 unspecified atom stereocenters. The number of amides is 1. The van der Waals surface area contributed by atoms with Crippen molar-refractivity contribution in [3.63, 3.8) is 0 Å². The van der Waals surface area contributed by atoms with Crippen molar-refractivity contribution in [2.75, 3.05) is 18.4 Å². The van der Waals surface area contributed by atoms with Gasteiger partial charge < -0.3 is 19.7 Å². The van der Waals surface area contributed by atoms with Crippen LogP contribution in [-0.4, -0.2) is 54.1 Å². The van der Waals surface area contributed by atoms with E-state index in [2.05, 4.69) is 36.1 Å². The molecule has 14 heteroatoms. The number of likely N-dealkylation sites (tertiary alicyclic amines) is 1. The number of hydrogen-bond donors (Lipinski definition) is 1. The second-order valence-electron chi connectivity index (χ2n) is 12.5. The maximum absolute atomic E-state index is 14.8. The Hall–Kier alpha value is -3.62. The Morgan fingerprint density at radius 1 is 1.20 bits per heavy atom. The number of benzene rings is 1. The Labute approximate surface area is 254 Å². The molecular weight excluding hydrogens is 598 g/mol. The topological polar surface area (TPSA) is 104 Å². The van der Waals surface area contributed by atoms with Gasteiger partial charge in [-0.3, -0.25) is 9.69 Å². The minimum absolute atomic E-state index is 0.00433. The second kappa shape index (κ2) is 12.8. The van der Waals surface area contributed by atoms with Crippen LogP contribution in [0.1, 0.15) is 51.2 Å². The predicted molar refractivity (Wildman–Crippen MR) is 158 cm³/mol. The van der Waals surface area contributed by atoms with Crippen molar-refractivity contribution in [1.82, 2.24) is 14.9 Å².